The molecule has 0 aliphatic heterocycles. The van der Waals surface area contributed by atoms with Crippen molar-refractivity contribution in [2.75, 3.05) is 6.54 Å². The van der Waals surface area contributed by atoms with E-state index in [9.17, 15) is 0 Å². The van der Waals surface area contributed by atoms with Crippen LogP contribution < -0.4 is 5.32 Å². The third-order valence-corrected chi connectivity index (χ3v) is 1.57. The zero-order valence-corrected chi connectivity index (χ0v) is 7.05. The fourth-order valence-corrected chi connectivity index (χ4v) is 0.864. The summed E-state index contributed by atoms with van der Waals surface area (Å²) in [6, 6.07) is 0. The quantitative estimate of drug-likeness (QED) is 0.667. The summed E-state index contributed by atoms with van der Waals surface area (Å²) in [7, 11) is 0. The number of aromatic nitrogens is 1. The molecule has 0 spiro atoms. The van der Waals surface area contributed by atoms with Crippen molar-refractivity contribution in [1.29, 1.82) is 0 Å². The normalized spacial score (nSPS) is 10.4. The molecule has 1 heterocycles. The summed E-state index contributed by atoms with van der Waals surface area (Å²) >= 11 is 0. The second-order valence-electron chi connectivity index (χ2n) is 2.62. The number of hydrogen-bond donors (Lipinski definition) is 1. The van der Waals surface area contributed by atoms with Crippen LogP contribution in [0.15, 0.2) is 10.8 Å². The van der Waals surface area contributed by atoms with Gasteiger partial charge in [-0.25, -0.2) is 0 Å². The van der Waals surface area contributed by atoms with Crippen LogP contribution in [0.1, 0.15) is 24.6 Å². The van der Waals surface area contributed by atoms with Crippen LogP contribution in [0.3, 0.4) is 0 Å². The van der Waals surface area contributed by atoms with Gasteiger partial charge in [-0.3, -0.25) is 0 Å². The van der Waals surface area contributed by atoms with Crippen molar-refractivity contribution >= 4 is 0 Å². The van der Waals surface area contributed by atoms with E-state index in [1.54, 1.807) is 6.26 Å². The molecule has 0 unspecified atom stereocenters. The van der Waals surface area contributed by atoms with E-state index >= 15 is 0 Å². The molecule has 0 amide bonds. The molecule has 0 aliphatic rings. The van der Waals surface area contributed by atoms with Crippen LogP contribution in [-0.4, -0.2) is 11.7 Å². The van der Waals surface area contributed by atoms with Gasteiger partial charge in [-0.2, -0.15) is 0 Å². The Morgan fingerprint density at radius 3 is 3.00 bits per heavy atom. The van der Waals surface area contributed by atoms with Gasteiger partial charge in [0.2, 0.25) is 0 Å². The molecule has 3 nitrogen and oxygen atoms in total. The van der Waals surface area contributed by atoms with E-state index in [0.717, 1.165) is 30.8 Å². The lowest BCUT2D eigenvalue weighted by Crippen LogP contribution is -2.14. The first-order chi connectivity index (χ1) is 5.34. The van der Waals surface area contributed by atoms with Gasteiger partial charge in [-0.05, 0) is 19.9 Å². The number of nitrogens with zero attached hydrogens (tertiary/aromatic N) is 1. The van der Waals surface area contributed by atoms with E-state index in [2.05, 4.69) is 17.4 Å². The van der Waals surface area contributed by atoms with Gasteiger partial charge < -0.3 is 9.84 Å². The summed E-state index contributed by atoms with van der Waals surface area (Å²) in [5, 5.41) is 7.11. The maximum atomic E-state index is 4.79. The highest BCUT2D eigenvalue weighted by atomic mass is 16.5. The van der Waals surface area contributed by atoms with Crippen LogP contribution in [0.5, 0.6) is 0 Å². The third kappa shape index (κ3) is 2.35. The van der Waals surface area contributed by atoms with Crippen LogP contribution in [0, 0.1) is 6.92 Å². The molecule has 11 heavy (non-hydrogen) atoms. The Bertz CT molecular complexity index is 208. The lowest BCUT2D eigenvalue weighted by atomic mass is 10.3. The number of hydrogen-bond acceptors (Lipinski definition) is 3. The molecule has 0 radical (unpaired) electrons. The minimum atomic E-state index is 0.816. The maximum absolute atomic E-state index is 4.79. The standard InChI is InChI=1S/C8H14N2O/c1-3-4-9-5-8-7(2)6-11-10-8/h6,9H,3-5H2,1-2H3. The summed E-state index contributed by atoms with van der Waals surface area (Å²) in [4.78, 5) is 0. The summed E-state index contributed by atoms with van der Waals surface area (Å²) in [5.74, 6) is 0. The van der Waals surface area contributed by atoms with Gasteiger partial charge in [0.1, 0.15) is 12.0 Å². The largest absolute Gasteiger partial charge is 0.364 e. The Hall–Kier alpha value is -0.830. The topological polar surface area (TPSA) is 38.1 Å². The van der Waals surface area contributed by atoms with Crippen molar-refractivity contribution in [2.45, 2.75) is 26.8 Å². The lowest BCUT2D eigenvalue weighted by Gasteiger charge is -1.98. The van der Waals surface area contributed by atoms with Crippen molar-refractivity contribution in [2.24, 2.45) is 0 Å². The second-order valence-corrected chi connectivity index (χ2v) is 2.62. The molecule has 1 aromatic rings. The lowest BCUT2D eigenvalue weighted by molar-refractivity contribution is 0.408. The van der Waals surface area contributed by atoms with Crippen molar-refractivity contribution in [3.8, 4) is 0 Å². The van der Waals surface area contributed by atoms with Crippen LogP contribution in [-0.2, 0) is 6.54 Å². The summed E-state index contributed by atoms with van der Waals surface area (Å²) < 4.78 is 4.79. The molecule has 62 valence electrons. The first kappa shape index (κ1) is 8.27. The molecular formula is C8H14N2O. The molecule has 0 bridgehead atoms. The highest BCUT2D eigenvalue weighted by Crippen LogP contribution is 2.02. The van der Waals surface area contributed by atoms with E-state index in [1.807, 2.05) is 6.92 Å². The van der Waals surface area contributed by atoms with Gasteiger partial charge in [0.25, 0.3) is 0 Å². The number of rotatable bonds is 4. The smallest absolute Gasteiger partial charge is 0.127 e. The molecule has 0 saturated heterocycles. The van der Waals surface area contributed by atoms with Crippen molar-refractivity contribution in [3.05, 3.63) is 17.5 Å². The Labute approximate surface area is 66.8 Å². The summed E-state index contributed by atoms with van der Waals surface area (Å²) in [5.41, 5.74) is 2.13. The van der Waals surface area contributed by atoms with Gasteiger partial charge in [-0.15, -0.1) is 0 Å². The zero-order chi connectivity index (χ0) is 8.10. The molecule has 0 aliphatic carbocycles. The van der Waals surface area contributed by atoms with Gasteiger partial charge in [0.05, 0.1) is 0 Å². The minimum absolute atomic E-state index is 0.816. The molecular weight excluding hydrogens is 140 g/mol. The monoisotopic (exact) mass is 154 g/mol. The molecule has 1 N–H and O–H groups in total. The van der Waals surface area contributed by atoms with E-state index in [4.69, 9.17) is 4.52 Å². The van der Waals surface area contributed by atoms with Crippen molar-refractivity contribution in [3.63, 3.8) is 0 Å². The SMILES string of the molecule is CCCNCc1nocc1C. The Morgan fingerprint density at radius 2 is 2.45 bits per heavy atom. The first-order valence-electron chi connectivity index (χ1n) is 3.95. The van der Waals surface area contributed by atoms with Gasteiger partial charge in [0, 0.05) is 12.1 Å². The predicted molar refractivity (Wildman–Crippen MR) is 43.2 cm³/mol. The van der Waals surface area contributed by atoms with E-state index in [-0.39, 0.29) is 0 Å². The molecule has 0 atom stereocenters. The fraction of sp³-hybridized carbons (Fsp3) is 0.625. The van der Waals surface area contributed by atoms with Crippen LogP contribution >= 0.6 is 0 Å². The average molecular weight is 154 g/mol. The Kier molecular flexibility index (Phi) is 3.11. The fourth-order valence-electron chi connectivity index (χ4n) is 0.864. The Morgan fingerprint density at radius 1 is 1.64 bits per heavy atom. The molecule has 1 aromatic heterocycles. The molecule has 0 fully saturated rings. The molecule has 3 heteroatoms. The van der Waals surface area contributed by atoms with Gasteiger partial charge >= 0.3 is 0 Å². The summed E-state index contributed by atoms with van der Waals surface area (Å²) in [6.45, 7) is 5.99. The molecule has 0 saturated carbocycles. The molecule has 1 rings (SSSR count). The van der Waals surface area contributed by atoms with E-state index in [1.165, 1.54) is 0 Å². The van der Waals surface area contributed by atoms with Crippen LogP contribution in [0.25, 0.3) is 0 Å². The molecule has 0 aromatic carbocycles. The van der Waals surface area contributed by atoms with E-state index < -0.39 is 0 Å². The second kappa shape index (κ2) is 4.13. The zero-order valence-electron chi connectivity index (χ0n) is 7.05. The van der Waals surface area contributed by atoms with Gasteiger partial charge in [-0.1, -0.05) is 12.1 Å². The number of nitrogens with one attached hydrogen (secondary N) is 1. The third-order valence-electron chi connectivity index (χ3n) is 1.57. The summed E-state index contributed by atoms with van der Waals surface area (Å²) in [6.07, 6.45) is 2.82. The van der Waals surface area contributed by atoms with Crippen molar-refractivity contribution in [1.82, 2.24) is 10.5 Å². The predicted octanol–water partition coefficient (Wildman–Crippen LogP) is 1.48. The highest BCUT2D eigenvalue weighted by Gasteiger charge is 2.00. The van der Waals surface area contributed by atoms with E-state index in [0.29, 0.717) is 0 Å². The highest BCUT2D eigenvalue weighted by molar-refractivity contribution is 5.11. The first-order valence-corrected chi connectivity index (χ1v) is 3.95. The maximum Gasteiger partial charge on any atom is 0.127 e. The van der Waals surface area contributed by atoms with Gasteiger partial charge in [0.15, 0.2) is 0 Å². The number of aryl methyl sites for hydroxylation is 1. The van der Waals surface area contributed by atoms with Crippen molar-refractivity contribution < 1.29 is 4.52 Å². The Balaban J connectivity index is 2.32. The average Bonchev–Trinajstić information content (AvgIpc) is 2.37. The van der Waals surface area contributed by atoms with Crippen LogP contribution in [0.2, 0.25) is 0 Å². The minimum Gasteiger partial charge on any atom is -0.364 e. The van der Waals surface area contributed by atoms with Crippen LogP contribution in [0.4, 0.5) is 0 Å².